The second kappa shape index (κ2) is 7.41. The van der Waals surface area contributed by atoms with Crippen LogP contribution in [0.5, 0.6) is 0 Å². The molecule has 158 valence electrons. The van der Waals surface area contributed by atoms with E-state index in [2.05, 4.69) is 98.8 Å². The second-order valence-electron chi connectivity index (χ2n) is 8.68. The summed E-state index contributed by atoms with van der Waals surface area (Å²) < 4.78 is 3.07. The van der Waals surface area contributed by atoms with E-state index in [9.17, 15) is 0 Å². The molecule has 0 fully saturated rings. The Bertz CT molecular complexity index is 1710. The van der Waals surface area contributed by atoms with Crippen molar-refractivity contribution in [1.29, 1.82) is 0 Å². The fraction of sp³-hybridized carbons (Fsp3) is 0.0667. The van der Waals surface area contributed by atoms with Gasteiger partial charge in [0, 0.05) is 0 Å². The molecule has 0 amide bonds. The van der Waals surface area contributed by atoms with Gasteiger partial charge in [0.05, 0.1) is 0 Å². The van der Waals surface area contributed by atoms with Gasteiger partial charge in [-0.2, -0.15) is 0 Å². The van der Waals surface area contributed by atoms with Crippen molar-refractivity contribution >= 4 is 78.0 Å². The number of hydrogen-bond acceptors (Lipinski definition) is 2. The zero-order valence-electron chi connectivity index (χ0n) is 18.3. The Labute approximate surface area is 206 Å². The van der Waals surface area contributed by atoms with Gasteiger partial charge in [0.2, 0.25) is 0 Å². The second-order valence-corrected chi connectivity index (χ2v) is 13.4. The molecule has 0 unspecified atom stereocenters. The molecule has 0 N–H and O–H groups in total. The van der Waals surface area contributed by atoms with Gasteiger partial charge in [-0.05, 0) is 0 Å². The standard InChI is InChI=1S/C30H20S2Se/c1-17-3-13-27(31-17)21-7-9-23-19(15-21)5-11-25-26-12-6-20-16-22(28-14-4-18(2)32-28)8-10-24(20)30(26)33-29(23)25/h3-16H,1-2H3. The molecule has 33 heavy (non-hydrogen) atoms. The zero-order valence-corrected chi connectivity index (χ0v) is 21.7. The molecule has 7 aromatic rings. The first-order chi connectivity index (χ1) is 16.1. The zero-order chi connectivity index (χ0) is 22.1. The van der Waals surface area contributed by atoms with E-state index in [0.29, 0.717) is 14.5 Å². The van der Waals surface area contributed by atoms with Crippen LogP contribution in [0.2, 0.25) is 0 Å². The van der Waals surface area contributed by atoms with E-state index in [4.69, 9.17) is 0 Å². The quantitative estimate of drug-likeness (QED) is 0.198. The van der Waals surface area contributed by atoms with Gasteiger partial charge in [0.1, 0.15) is 0 Å². The van der Waals surface area contributed by atoms with Gasteiger partial charge in [-0.3, -0.25) is 0 Å². The molecule has 0 nitrogen and oxygen atoms in total. The molecule has 0 aliphatic heterocycles. The van der Waals surface area contributed by atoms with Crippen LogP contribution < -0.4 is 0 Å². The van der Waals surface area contributed by atoms with Crippen molar-refractivity contribution in [3.63, 3.8) is 0 Å². The summed E-state index contributed by atoms with van der Waals surface area (Å²) in [6, 6.07) is 32.3. The van der Waals surface area contributed by atoms with Crippen LogP contribution in [0.1, 0.15) is 9.75 Å². The van der Waals surface area contributed by atoms with E-state index in [0.717, 1.165) is 0 Å². The normalized spacial score (nSPS) is 11.9. The van der Waals surface area contributed by atoms with Crippen molar-refractivity contribution in [1.82, 2.24) is 0 Å². The molecule has 0 radical (unpaired) electrons. The molecule has 7 rings (SSSR count). The molecule has 0 spiro atoms. The summed E-state index contributed by atoms with van der Waals surface area (Å²) in [6.07, 6.45) is 0. The van der Waals surface area contributed by atoms with Crippen molar-refractivity contribution in [2.24, 2.45) is 0 Å². The molecule has 0 saturated heterocycles. The Morgan fingerprint density at radius 1 is 0.485 bits per heavy atom. The van der Waals surface area contributed by atoms with Crippen LogP contribution in [0.3, 0.4) is 0 Å². The van der Waals surface area contributed by atoms with Crippen LogP contribution in [0, 0.1) is 13.8 Å². The Hall–Kier alpha value is -2.68. The van der Waals surface area contributed by atoms with Gasteiger partial charge in [0.25, 0.3) is 0 Å². The van der Waals surface area contributed by atoms with Crippen LogP contribution in [0.4, 0.5) is 0 Å². The van der Waals surface area contributed by atoms with Gasteiger partial charge < -0.3 is 0 Å². The fourth-order valence-electron chi connectivity index (χ4n) is 4.83. The summed E-state index contributed by atoms with van der Waals surface area (Å²) in [7, 11) is 0. The number of fused-ring (bicyclic) bond motifs is 7. The molecule has 4 aromatic carbocycles. The molecule has 0 aliphatic carbocycles. The van der Waals surface area contributed by atoms with Crippen molar-refractivity contribution in [2.45, 2.75) is 13.8 Å². The minimum atomic E-state index is 0.311. The van der Waals surface area contributed by atoms with E-state index in [1.807, 2.05) is 22.7 Å². The molecule has 0 aliphatic rings. The first-order valence-electron chi connectivity index (χ1n) is 11.1. The molecule has 3 heterocycles. The molecule has 0 atom stereocenters. The van der Waals surface area contributed by atoms with Gasteiger partial charge in [-0.1, -0.05) is 0 Å². The molecule has 0 saturated carbocycles. The predicted molar refractivity (Wildman–Crippen MR) is 150 cm³/mol. The summed E-state index contributed by atoms with van der Waals surface area (Å²) >= 11 is 4.05. The Balaban J connectivity index is 1.43. The molecule has 0 bridgehead atoms. The average Bonchev–Trinajstić information content (AvgIpc) is 3.56. The Kier molecular flexibility index (Phi) is 4.44. The van der Waals surface area contributed by atoms with Crippen molar-refractivity contribution < 1.29 is 0 Å². The average molecular weight is 524 g/mol. The first-order valence-corrected chi connectivity index (χ1v) is 14.4. The molecule has 3 aromatic heterocycles. The van der Waals surface area contributed by atoms with Crippen molar-refractivity contribution in [3.8, 4) is 20.9 Å². The SMILES string of the molecule is Cc1ccc(-c2ccc3c(ccc4c5ccc6cc(-c7ccc(C)s7)ccc6c5[se]c34)c2)s1. The number of benzene rings is 4. The number of thiophene rings is 2. The summed E-state index contributed by atoms with van der Waals surface area (Å²) in [5.41, 5.74) is 2.65. The maximum atomic E-state index is 2.37. The van der Waals surface area contributed by atoms with Crippen molar-refractivity contribution in [3.05, 3.63) is 94.7 Å². The summed E-state index contributed by atoms with van der Waals surface area (Å²) in [5.74, 6) is 0. The van der Waals surface area contributed by atoms with E-state index in [1.165, 1.54) is 71.5 Å². The van der Waals surface area contributed by atoms with Crippen LogP contribution in [0.15, 0.2) is 84.9 Å². The monoisotopic (exact) mass is 524 g/mol. The predicted octanol–water partition coefficient (Wildman–Crippen LogP) is 9.43. The third-order valence-corrected chi connectivity index (χ3v) is 11.3. The van der Waals surface area contributed by atoms with Crippen LogP contribution in [-0.4, -0.2) is 14.5 Å². The van der Waals surface area contributed by atoms with Crippen LogP contribution in [0.25, 0.3) is 61.7 Å². The van der Waals surface area contributed by atoms with E-state index in [1.54, 1.807) is 0 Å². The minimum absolute atomic E-state index is 0.311. The van der Waals surface area contributed by atoms with E-state index >= 15 is 0 Å². The molecule has 3 heteroatoms. The maximum absolute atomic E-state index is 2.37. The number of aryl methyl sites for hydroxylation is 2. The Morgan fingerprint density at radius 2 is 0.939 bits per heavy atom. The topological polar surface area (TPSA) is 0 Å². The number of rotatable bonds is 2. The van der Waals surface area contributed by atoms with Crippen molar-refractivity contribution in [2.75, 3.05) is 0 Å². The number of hydrogen-bond donors (Lipinski definition) is 0. The third kappa shape index (κ3) is 3.15. The summed E-state index contributed by atoms with van der Waals surface area (Å²) in [5, 5.41) is 8.39. The fourth-order valence-corrected chi connectivity index (χ4v) is 9.44. The van der Waals surface area contributed by atoms with Gasteiger partial charge in [0.15, 0.2) is 0 Å². The third-order valence-electron chi connectivity index (χ3n) is 6.48. The van der Waals surface area contributed by atoms with Gasteiger partial charge in [-0.25, -0.2) is 0 Å². The first kappa shape index (κ1) is 19.8. The molecular formula is C30H20S2Se. The Morgan fingerprint density at radius 3 is 1.36 bits per heavy atom. The van der Waals surface area contributed by atoms with E-state index in [-0.39, 0.29) is 0 Å². The van der Waals surface area contributed by atoms with Crippen LogP contribution in [-0.2, 0) is 0 Å². The molecular weight excluding hydrogens is 503 g/mol. The van der Waals surface area contributed by atoms with Gasteiger partial charge in [-0.15, -0.1) is 0 Å². The van der Waals surface area contributed by atoms with Gasteiger partial charge >= 0.3 is 207 Å². The summed E-state index contributed by atoms with van der Waals surface area (Å²) in [6.45, 7) is 4.35. The van der Waals surface area contributed by atoms with Crippen LogP contribution >= 0.6 is 22.7 Å². The van der Waals surface area contributed by atoms with E-state index < -0.39 is 0 Å². The summed E-state index contributed by atoms with van der Waals surface area (Å²) in [4.78, 5) is 5.43.